The van der Waals surface area contributed by atoms with E-state index in [0.29, 0.717) is 30.3 Å². The second-order valence-electron chi connectivity index (χ2n) is 6.26. The van der Waals surface area contributed by atoms with Crippen LogP contribution in [-0.4, -0.2) is 41.1 Å². The topological polar surface area (TPSA) is 69.6 Å². The van der Waals surface area contributed by atoms with Gasteiger partial charge >= 0.3 is 12.0 Å². The van der Waals surface area contributed by atoms with Gasteiger partial charge in [0.2, 0.25) is 0 Å². The second kappa shape index (κ2) is 5.39. The number of nitrogens with one attached hydrogen (secondary N) is 1. The maximum atomic E-state index is 12.1. The van der Waals surface area contributed by atoms with Gasteiger partial charge < -0.3 is 15.3 Å². The van der Waals surface area contributed by atoms with Gasteiger partial charge in [-0.2, -0.15) is 0 Å². The van der Waals surface area contributed by atoms with Crippen molar-refractivity contribution in [2.24, 2.45) is 11.3 Å². The molecule has 1 atom stereocenters. The first-order valence-electron chi connectivity index (χ1n) is 7.22. The van der Waals surface area contributed by atoms with Crippen molar-refractivity contribution in [1.29, 1.82) is 0 Å². The van der Waals surface area contributed by atoms with E-state index < -0.39 is 5.97 Å². The smallest absolute Gasteiger partial charge is 0.317 e. The molecule has 0 aromatic rings. The Morgan fingerprint density at radius 2 is 2.11 bits per heavy atom. The standard InChI is InChI=1S/C14H24N2O3/c1-10(2)12-14(6-4-7-14)9-16(12)13(19)15-8-3-5-11(17)18/h10,12H,3-9H2,1-2H3,(H,15,19)(H,17,18). The third-order valence-corrected chi connectivity index (χ3v) is 4.53. The lowest BCUT2D eigenvalue weighted by Crippen LogP contribution is -2.72. The molecule has 0 bridgehead atoms. The van der Waals surface area contributed by atoms with Gasteiger partial charge in [0.05, 0.1) is 0 Å². The van der Waals surface area contributed by atoms with Crippen LogP contribution in [0.25, 0.3) is 0 Å². The van der Waals surface area contributed by atoms with Crippen LogP contribution in [0, 0.1) is 11.3 Å². The van der Waals surface area contributed by atoms with Crippen LogP contribution in [-0.2, 0) is 4.79 Å². The molecule has 19 heavy (non-hydrogen) atoms. The summed E-state index contributed by atoms with van der Waals surface area (Å²) in [5.74, 6) is -0.328. The summed E-state index contributed by atoms with van der Waals surface area (Å²) < 4.78 is 0. The van der Waals surface area contributed by atoms with Crippen molar-refractivity contribution in [3.8, 4) is 0 Å². The molecule has 2 N–H and O–H groups in total. The highest BCUT2D eigenvalue weighted by molar-refractivity contribution is 5.76. The lowest BCUT2D eigenvalue weighted by Gasteiger charge is -2.63. The number of amides is 2. The Kier molecular flexibility index (Phi) is 4.02. The molecule has 0 aromatic carbocycles. The molecule has 5 nitrogen and oxygen atoms in total. The number of carboxylic acids is 1. The summed E-state index contributed by atoms with van der Waals surface area (Å²) in [6.45, 7) is 5.67. The van der Waals surface area contributed by atoms with Crippen molar-refractivity contribution >= 4 is 12.0 Å². The molecule has 5 heteroatoms. The number of hydrogen-bond donors (Lipinski definition) is 2. The van der Waals surface area contributed by atoms with E-state index in [4.69, 9.17) is 5.11 Å². The number of hydrogen-bond acceptors (Lipinski definition) is 2. The largest absolute Gasteiger partial charge is 0.481 e. The zero-order valence-corrected chi connectivity index (χ0v) is 11.8. The number of urea groups is 1. The molecule has 2 aliphatic rings. The Hall–Kier alpha value is -1.26. The number of aliphatic carboxylic acids is 1. The minimum absolute atomic E-state index is 0.0263. The van der Waals surface area contributed by atoms with Gasteiger partial charge in [0, 0.05) is 31.0 Å². The molecule has 0 aromatic heterocycles. The molecule has 2 amide bonds. The summed E-state index contributed by atoms with van der Waals surface area (Å²) in [5, 5.41) is 11.4. The Morgan fingerprint density at radius 1 is 1.42 bits per heavy atom. The Bertz CT molecular complexity index is 364. The first kappa shape index (κ1) is 14.2. The summed E-state index contributed by atoms with van der Waals surface area (Å²) in [4.78, 5) is 24.4. The zero-order chi connectivity index (χ0) is 14.0. The minimum atomic E-state index is -0.813. The van der Waals surface area contributed by atoms with Crippen LogP contribution in [0.1, 0.15) is 46.0 Å². The second-order valence-corrected chi connectivity index (χ2v) is 6.26. The van der Waals surface area contributed by atoms with E-state index in [0.717, 1.165) is 6.54 Å². The quantitative estimate of drug-likeness (QED) is 0.750. The normalized spacial score (nSPS) is 23.9. The number of carboxylic acid groups (broad SMARTS) is 1. The Balaban J connectivity index is 1.78. The fourth-order valence-electron chi connectivity index (χ4n) is 3.64. The number of nitrogens with zero attached hydrogens (tertiary/aromatic N) is 1. The van der Waals surface area contributed by atoms with Crippen molar-refractivity contribution in [3.05, 3.63) is 0 Å². The van der Waals surface area contributed by atoms with Gasteiger partial charge in [0.1, 0.15) is 0 Å². The highest BCUT2D eigenvalue weighted by Crippen LogP contribution is 2.55. The van der Waals surface area contributed by atoms with Gasteiger partial charge in [-0.1, -0.05) is 20.3 Å². The van der Waals surface area contributed by atoms with E-state index in [1.807, 2.05) is 4.90 Å². The lowest BCUT2D eigenvalue weighted by atomic mass is 9.55. The van der Waals surface area contributed by atoms with Crippen molar-refractivity contribution in [1.82, 2.24) is 10.2 Å². The van der Waals surface area contributed by atoms with Crippen LogP contribution in [0.5, 0.6) is 0 Å². The molecule has 1 aliphatic carbocycles. The molecule has 2 rings (SSSR count). The zero-order valence-electron chi connectivity index (χ0n) is 11.8. The fourth-order valence-corrected chi connectivity index (χ4v) is 3.64. The fraction of sp³-hybridized carbons (Fsp3) is 0.857. The van der Waals surface area contributed by atoms with Crippen molar-refractivity contribution in [2.45, 2.75) is 52.0 Å². The molecule has 108 valence electrons. The third kappa shape index (κ3) is 2.69. The summed E-state index contributed by atoms with van der Waals surface area (Å²) >= 11 is 0. The highest BCUT2D eigenvalue weighted by atomic mass is 16.4. The van der Waals surface area contributed by atoms with Crippen LogP contribution in [0.15, 0.2) is 0 Å². The van der Waals surface area contributed by atoms with Crippen LogP contribution >= 0.6 is 0 Å². The molecule has 1 heterocycles. The van der Waals surface area contributed by atoms with E-state index in [2.05, 4.69) is 19.2 Å². The molecule has 1 spiro atoms. The predicted octanol–water partition coefficient (Wildman–Crippen LogP) is 2.07. The molecule has 2 fully saturated rings. The highest BCUT2D eigenvalue weighted by Gasteiger charge is 2.58. The first-order valence-corrected chi connectivity index (χ1v) is 7.22. The molecular weight excluding hydrogens is 244 g/mol. The first-order chi connectivity index (χ1) is 8.96. The van der Waals surface area contributed by atoms with E-state index in [1.54, 1.807) is 0 Å². The molecule has 0 radical (unpaired) electrons. The van der Waals surface area contributed by atoms with Crippen molar-refractivity contribution in [2.75, 3.05) is 13.1 Å². The van der Waals surface area contributed by atoms with Gasteiger partial charge in [-0.3, -0.25) is 4.79 Å². The summed E-state index contributed by atoms with van der Waals surface area (Å²) in [6.07, 6.45) is 4.39. The van der Waals surface area contributed by atoms with Crippen molar-refractivity contribution in [3.63, 3.8) is 0 Å². The van der Waals surface area contributed by atoms with Crippen LogP contribution in [0.2, 0.25) is 0 Å². The summed E-state index contributed by atoms with van der Waals surface area (Å²) in [5.41, 5.74) is 0.395. The van der Waals surface area contributed by atoms with E-state index in [9.17, 15) is 9.59 Å². The van der Waals surface area contributed by atoms with E-state index >= 15 is 0 Å². The molecule has 1 saturated heterocycles. The molecular formula is C14H24N2O3. The molecule has 1 aliphatic heterocycles. The minimum Gasteiger partial charge on any atom is -0.481 e. The average Bonchev–Trinajstić information content (AvgIpc) is 2.19. The van der Waals surface area contributed by atoms with Gasteiger partial charge in [-0.05, 0) is 25.2 Å². The van der Waals surface area contributed by atoms with E-state index in [-0.39, 0.29) is 12.5 Å². The average molecular weight is 268 g/mol. The number of carbonyl (C=O) groups is 2. The molecule has 1 saturated carbocycles. The lowest BCUT2D eigenvalue weighted by molar-refractivity contribution is -0.137. The van der Waals surface area contributed by atoms with Crippen LogP contribution in [0.3, 0.4) is 0 Å². The monoisotopic (exact) mass is 268 g/mol. The van der Waals surface area contributed by atoms with Gasteiger partial charge in [-0.15, -0.1) is 0 Å². The number of rotatable bonds is 5. The molecule has 1 unspecified atom stereocenters. The maximum absolute atomic E-state index is 12.1. The Morgan fingerprint density at radius 3 is 2.58 bits per heavy atom. The van der Waals surface area contributed by atoms with Gasteiger partial charge in [-0.25, -0.2) is 4.79 Å². The summed E-state index contributed by atoms with van der Waals surface area (Å²) in [6, 6.07) is 0.335. The van der Waals surface area contributed by atoms with Gasteiger partial charge in [0.15, 0.2) is 0 Å². The summed E-state index contributed by atoms with van der Waals surface area (Å²) in [7, 11) is 0. The predicted molar refractivity (Wildman–Crippen MR) is 71.9 cm³/mol. The number of likely N-dealkylation sites (tertiary alicyclic amines) is 1. The van der Waals surface area contributed by atoms with E-state index in [1.165, 1.54) is 19.3 Å². The third-order valence-electron chi connectivity index (χ3n) is 4.53. The maximum Gasteiger partial charge on any atom is 0.317 e. The van der Waals surface area contributed by atoms with Crippen molar-refractivity contribution < 1.29 is 14.7 Å². The SMILES string of the molecule is CC(C)C1N(C(=O)NCCCC(=O)O)CC12CCC2. The van der Waals surface area contributed by atoms with Gasteiger partial charge in [0.25, 0.3) is 0 Å². The van der Waals surface area contributed by atoms with Crippen LogP contribution < -0.4 is 5.32 Å². The Labute approximate surface area is 114 Å². The van der Waals surface area contributed by atoms with Crippen LogP contribution in [0.4, 0.5) is 4.79 Å². The number of carbonyl (C=O) groups excluding carboxylic acids is 1.